The first-order chi connectivity index (χ1) is 9.49. The second-order valence-corrected chi connectivity index (χ2v) is 5.66. The average Bonchev–Trinajstić information content (AvgIpc) is 2.43. The van der Waals surface area contributed by atoms with Crippen LogP contribution in [0.4, 0.5) is 0 Å². The van der Waals surface area contributed by atoms with E-state index in [1.165, 1.54) is 0 Å². The average molecular weight is 277 g/mol. The molecule has 1 heterocycles. The van der Waals surface area contributed by atoms with Gasteiger partial charge in [0, 0.05) is 13.1 Å². The van der Waals surface area contributed by atoms with E-state index in [1.807, 2.05) is 39.0 Å². The molecular formula is C16H23NO3. The minimum absolute atomic E-state index is 0.00958. The molecule has 2 atom stereocenters. The Bertz CT molecular complexity index is 487. The van der Waals surface area contributed by atoms with Gasteiger partial charge in [0.1, 0.15) is 5.75 Å². The van der Waals surface area contributed by atoms with Crippen LogP contribution in [0.5, 0.6) is 5.75 Å². The highest BCUT2D eigenvalue weighted by molar-refractivity contribution is 5.78. The molecular weight excluding hydrogens is 254 g/mol. The number of aliphatic hydroxyl groups excluding tert-OH is 1. The van der Waals surface area contributed by atoms with E-state index >= 15 is 0 Å². The summed E-state index contributed by atoms with van der Waals surface area (Å²) >= 11 is 0. The Labute approximate surface area is 120 Å². The van der Waals surface area contributed by atoms with Crippen molar-refractivity contribution in [1.29, 1.82) is 0 Å². The highest BCUT2D eigenvalue weighted by atomic mass is 16.5. The van der Waals surface area contributed by atoms with Crippen LogP contribution in [0.2, 0.25) is 0 Å². The number of aliphatic hydroxyl groups is 1. The summed E-state index contributed by atoms with van der Waals surface area (Å²) in [6, 6.07) is 5.84. The third-order valence-corrected chi connectivity index (χ3v) is 4.12. The standard InChI is InChI=1S/C16H23NO3/c1-11-5-4-6-15(13(11)3)20-10-16(19)17-8-7-14(18)12(2)9-17/h4-6,12,14,18H,7-10H2,1-3H3. The molecule has 0 radical (unpaired) electrons. The fourth-order valence-corrected chi connectivity index (χ4v) is 2.47. The van der Waals surface area contributed by atoms with Crippen molar-refractivity contribution in [3.63, 3.8) is 0 Å². The van der Waals surface area contributed by atoms with E-state index in [9.17, 15) is 9.90 Å². The van der Waals surface area contributed by atoms with Crippen LogP contribution in [-0.4, -0.2) is 41.7 Å². The number of rotatable bonds is 3. The quantitative estimate of drug-likeness (QED) is 0.918. The first kappa shape index (κ1) is 14.9. The lowest BCUT2D eigenvalue weighted by Gasteiger charge is -2.34. The number of ether oxygens (including phenoxy) is 1. The van der Waals surface area contributed by atoms with Crippen molar-refractivity contribution < 1.29 is 14.6 Å². The fourth-order valence-electron chi connectivity index (χ4n) is 2.47. The molecule has 4 nitrogen and oxygen atoms in total. The van der Waals surface area contributed by atoms with E-state index in [2.05, 4.69) is 0 Å². The van der Waals surface area contributed by atoms with Crippen molar-refractivity contribution in [3.8, 4) is 5.75 Å². The number of benzene rings is 1. The first-order valence-electron chi connectivity index (χ1n) is 7.14. The van der Waals surface area contributed by atoms with E-state index in [-0.39, 0.29) is 24.5 Å². The molecule has 1 amide bonds. The molecule has 0 spiro atoms. The van der Waals surface area contributed by atoms with Crippen LogP contribution in [-0.2, 0) is 4.79 Å². The van der Waals surface area contributed by atoms with Crippen molar-refractivity contribution in [3.05, 3.63) is 29.3 Å². The summed E-state index contributed by atoms with van der Waals surface area (Å²) in [5.74, 6) is 0.890. The van der Waals surface area contributed by atoms with Crippen LogP contribution in [0.1, 0.15) is 24.5 Å². The minimum atomic E-state index is -0.293. The Hall–Kier alpha value is -1.55. The lowest BCUT2D eigenvalue weighted by Crippen LogP contribution is -2.46. The monoisotopic (exact) mass is 277 g/mol. The molecule has 1 saturated heterocycles. The Kier molecular flexibility index (Phi) is 4.65. The van der Waals surface area contributed by atoms with Crippen molar-refractivity contribution in [2.24, 2.45) is 5.92 Å². The molecule has 2 rings (SSSR count). The molecule has 0 aromatic heterocycles. The van der Waals surface area contributed by atoms with E-state index in [0.717, 1.165) is 16.9 Å². The van der Waals surface area contributed by atoms with E-state index in [0.29, 0.717) is 19.5 Å². The van der Waals surface area contributed by atoms with Crippen molar-refractivity contribution >= 4 is 5.91 Å². The van der Waals surface area contributed by atoms with Gasteiger partial charge >= 0.3 is 0 Å². The maximum Gasteiger partial charge on any atom is 0.260 e. The Morgan fingerprint density at radius 1 is 1.45 bits per heavy atom. The van der Waals surface area contributed by atoms with Gasteiger partial charge in [0.2, 0.25) is 0 Å². The van der Waals surface area contributed by atoms with Crippen LogP contribution in [0.3, 0.4) is 0 Å². The summed E-state index contributed by atoms with van der Waals surface area (Å²) in [6.45, 7) is 7.27. The molecule has 0 saturated carbocycles. The van der Waals surface area contributed by atoms with Crippen LogP contribution in [0.15, 0.2) is 18.2 Å². The van der Waals surface area contributed by atoms with Gasteiger partial charge in [-0.3, -0.25) is 4.79 Å². The highest BCUT2D eigenvalue weighted by Crippen LogP contribution is 2.21. The van der Waals surface area contributed by atoms with Gasteiger partial charge in [-0.1, -0.05) is 19.1 Å². The molecule has 0 bridgehead atoms. The number of carbonyl (C=O) groups excluding carboxylic acids is 1. The second-order valence-electron chi connectivity index (χ2n) is 5.66. The molecule has 1 aromatic carbocycles. The van der Waals surface area contributed by atoms with E-state index in [4.69, 9.17) is 4.74 Å². The lowest BCUT2D eigenvalue weighted by atomic mass is 9.97. The Balaban J connectivity index is 1.91. The van der Waals surface area contributed by atoms with Gasteiger partial charge in [0.05, 0.1) is 6.10 Å². The zero-order valence-corrected chi connectivity index (χ0v) is 12.4. The number of hydrogen-bond acceptors (Lipinski definition) is 3. The predicted molar refractivity (Wildman–Crippen MR) is 77.8 cm³/mol. The molecule has 1 aromatic rings. The zero-order valence-electron chi connectivity index (χ0n) is 12.4. The number of aryl methyl sites for hydroxylation is 1. The Morgan fingerprint density at radius 3 is 2.90 bits per heavy atom. The minimum Gasteiger partial charge on any atom is -0.483 e. The van der Waals surface area contributed by atoms with Crippen LogP contribution < -0.4 is 4.74 Å². The van der Waals surface area contributed by atoms with E-state index in [1.54, 1.807) is 4.90 Å². The van der Waals surface area contributed by atoms with Gasteiger partial charge in [0.25, 0.3) is 5.91 Å². The number of hydrogen-bond donors (Lipinski definition) is 1. The third-order valence-electron chi connectivity index (χ3n) is 4.12. The van der Waals surface area contributed by atoms with Crippen molar-refractivity contribution in [2.45, 2.75) is 33.3 Å². The number of amides is 1. The molecule has 20 heavy (non-hydrogen) atoms. The maximum atomic E-state index is 12.1. The normalized spacial score (nSPS) is 22.7. The smallest absolute Gasteiger partial charge is 0.260 e. The highest BCUT2D eigenvalue weighted by Gasteiger charge is 2.27. The summed E-state index contributed by atoms with van der Waals surface area (Å²) in [5, 5.41) is 9.68. The van der Waals surface area contributed by atoms with Crippen molar-refractivity contribution in [1.82, 2.24) is 4.90 Å². The molecule has 1 aliphatic heterocycles. The summed E-state index contributed by atoms with van der Waals surface area (Å²) in [6.07, 6.45) is 0.357. The number of nitrogens with zero attached hydrogens (tertiary/aromatic N) is 1. The second kappa shape index (κ2) is 6.27. The van der Waals surface area contributed by atoms with Gasteiger partial charge in [-0.05, 0) is 43.4 Å². The van der Waals surface area contributed by atoms with Gasteiger partial charge in [-0.25, -0.2) is 0 Å². The summed E-state index contributed by atoms with van der Waals surface area (Å²) in [4.78, 5) is 13.9. The van der Waals surface area contributed by atoms with Gasteiger partial charge in [-0.15, -0.1) is 0 Å². The molecule has 0 aliphatic carbocycles. The zero-order chi connectivity index (χ0) is 14.7. The Morgan fingerprint density at radius 2 is 2.20 bits per heavy atom. The van der Waals surface area contributed by atoms with Gasteiger partial charge < -0.3 is 14.7 Å². The molecule has 4 heteroatoms. The first-order valence-corrected chi connectivity index (χ1v) is 7.14. The van der Waals surface area contributed by atoms with Crippen LogP contribution in [0, 0.1) is 19.8 Å². The topological polar surface area (TPSA) is 49.8 Å². The largest absolute Gasteiger partial charge is 0.483 e. The number of piperidine rings is 1. The number of carbonyl (C=O) groups is 1. The SMILES string of the molecule is Cc1cccc(OCC(=O)N2CCC(O)C(C)C2)c1C. The van der Waals surface area contributed by atoms with Gasteiger partial charge in [0.15, 0.2) is 6.61 Å². The van der Waals surface area contributed by atoms with Gasteiger partial charge in [-0.2, -0.15) is 0 Å². The van der Waals surface area contributed by atoms with E-state index < -0.39 is 0 Å². The summed E-state index contributed by atoms with van der Waals surface area (Å²) in [7, 11) is 0. The molecule has 1 fully saturated rings. The third kappa shape index (κ3) is 3.31. The van der Waals surface area contributed by atoms with Crippen LogP contribution >= 0.6 is 0 Å². The number of likely N-dealkylation sites (tertiary alicyclic amines) is 1. The summed E-state index contributed by atoms with van der Waals surface area (Å²) in [5.41, 5.74) is 2.23. The fraction of sp³-hybridized carbons (Fsp3) is 0.562. The maximum absolute atomic E-state index is 12.1. The molecule has 110 valence electrons. The predicted octanol–water partition coefficient (Wildman–Crippen LogP) is 1.91. The molecule has 2 unspecified atom stereocenters. The lowest BCUT2D eigenvalue weighted by molar-refractivity contribution is -0.136. The van der Waals surface area contributed by atoms with Crippen molar-refractivity contribution in [2.75, 3.05) is 19.7 Å². The molecule has 1 aliphatic rings. The summed E-state index contributed by atoms with van der Waals surface area (Å²) < 4.78 is 5.64. The van der Waals surface area contributed by atoms with Crippen LogP contribution in [0.25, 0.3) is 0 Å². The molecule has 1 N–H and O–H groups in total.